The Hall–Kier alpha value is -1.01. The Balaban J connectivity index is 1.34. The maximum absolute atomic E-state index is 11.8. The van der Waals surface area contributed by atoms with Gasteiger partial charge in [0.25, 0.3) is 0 Å². The first kappa shape index (κ1) is 23.7. The van der Waals surface area contributed by atoms with E-state index in [1.165, 1.54) is 32.1 Å². The molecule has 4 aliphatic carbocycles. The lowest BCUT2D eigenvalue weighted by atomic mass is 9.41. The van der Waals surface area contributed by atoms with E-state index in [4.69, 9.17) is 0 Å². The minimum Gasteiger partial charge on any atom is -0.393 e. The standard InChI is InChI=1S/C27H46N4O2/c1-5-19-23-15-18(32)10-12-27(23,4)22-11-13-26(3)20(8-9-21(26)24(22)25(19)33)17(2)7-6-14-31-16-28-29-30-31/h16-25,32-33H,5-15H2,1-4H3/t17-,18-,19-,20-,21?,22?,23+,24?,25-,26-,27-/m1/s1. The van der Waals surface area contributed by atoms with Gasteiger partial charge in [0, 0.05) is 6.54 Å². The Bertz CT molecular complexity index is 802. The summed E-state index contributed by atoms with van der Waals surface area (Å²) in [5.41, 5.74) is 0.646. The quantitative estimate of drug-likeness (QED) is 0.645. The maximum Gasteiger partial charge on any atom is 0.138 e. The summed E-state index contributed by atoms with van der Waals surface area (Å²) in [6.07, 6.45) is 12.9. The average Bonchev–Trinajstić information content (AvgIpc) is 3.42. The fourth-order valence-corrected chi connectivity index (χ4v) is 9.99. The molecule has 4 aliphatic rings. The van der Waals surface area contributed by atoms with Gasteiger partial charge in [-0.05, 0) is 120 Å². The molecule has 1 aromatic rings. The third-order valence-corrected chi connectivity index (χ3v) is 11.6. The van der Waals surface area contributed by atoms with Gasteiger partial charge in [-0.1, -0.05) is 34.1 Å². The molecule has 2 N–H and O–H groups in total. The number of tetrazole rings is 1. The summed E-state index contributed by atoms with van der Waals surface area (Å²) in [6.45, 7) is 10.7. The summed E-state index contributed by atoms with van der Waals surface area (Å²) in [5, 5.41) is 33.8. The Kier molecular flexibility index (Phi) is 6.39. The van der Waals surface area contributed by atoms with Crippen molar-refractivity contribution in [2.45, 2.75) is 111 Å². The lowest BCUT2D eigenvalue weighted by Crippen LogP contribution is -2.62. The second-order valence-corrected chi connectivity index (χ2v) is 12.8. The maximum atomic E-state index is 11.8. The van der Waals surface area contributed by atoms with E-state index in [1.807, 2.05) is 4.68 Å². The Labute approximate surface area is 199 Å². The number of hydrogen-bond donors (Lipinski definition) is 2. The Morgan fingerprint density at radius 1 is 1.03 bits per heavy atom. The summed E-state index contributed by atoms with van der Waals surface area (Å²) in [5.74, 6) is 4.00. The molecule has 1 aromatic heterocycles. The first-order valence-electron chi connectivity index (χ1n) is 13.9. The van der Waals surface area contributed by atoms with Crippen molar-refractivity contribution in [3.05, 3.63) is 6.33 Å². The van der Waals surface area contributed by atoms with Gasteiger partial charge in [-0.25, -0.2) is 4.68 Å². The van der Waals surface area contributed by atoms with E-state index in [-0.39, 0.29) is 12.2 Å². The number of aliphatic hydroxyl groups excluding tert-OH is 2. The molecule has 186 valence electrons. The van der Waals surface area contributed by atoms with E-state index >= 15 is 0 Å². The van der Waals surface area contributed by atoms with Crippen molar-refractivity contribution in [3.63, 3.8) is 0 Å². The molecule has 1 heterocycles. The van der Waals surface area contributed by atoms with Crippen LogP contribution >= 0.6 is 0 Å². The van der Waals surface area contributed by atoms with Gasteiger partial charge in [-0.2, -0.15) is 0 Å². The normalized spacial score (nSPS) is 48.1. The Morgan fingerprint density at radius 2 is 1.79 bits per heavy atom. The van der Waals surface area contributed by atoms with E-state index in [0.717, 1.165) is 44.6 Å². The van der Waals surface area contributed by atoms with Crippen LogP contribution in [-0.2, 0) is 6.54 Å². The zero-order chi connectivity index (χ0) is 23.4. The highest BCUT2D eigenvalue weighted by Crippen LogP contribution is 2.69. The molecule has 0 bridgehead atoms. The van der Waals surface area contributed by atoms with E-state index in [1.54, 1.807) is 6.33 Å². The predicted molar refractivity (Wildman–Crippen MR) is 128 cm³/mol. The van der Waals surface area contributed by atoms with Crippen molar-refractivity contribution in [1.82, 2.24) is 20.2 Å². The molecule has 0 radical (unpaired) electrons. The van der Waals surface area contributed by atoms with Crippen LogP contribution in [-0.4, -0.2) is 42.6 Å². The van der Waals surface area contributed by atoms with Gasteiger partial charge in [0.1, 0.15) is 6.33 Å². The minimum atomic E-state index is -0.193. The minimum absolute atomic E-state index is 0.167. The van der Waals surface area contributed by atoms with Crippen LogP contribution in [0.3, 0.4) is 0 Å². The van der Waals surface area contributed by atoms with Crippen LogP contribution in [0.4, 0.5) is 0 Å². The zero-order valence-electron chi connectivity index (χ0n) is 21.2. The van der Waals surface area contributed by atoms with Crippen molar-refractivity contribution in [1.29, 1.82) is 0 Å². The highest BCUT2D eigenvalue weighted by molar-refractivity contribution is 5.13. The number of aliphatic hydroxyl groups is 2. The summed E-state index contributed by atoms with van der Waals surface area (Å²) >= 11 is 0. The number of hydrogen-bond acceptors (Lipinski definition) is 5. The molecule has 4 fully saturated rings. The molecular weight excluding hydrogens is 412 g/mol. The molecule has 0 aliphatic heterocycles. The molecule has 0 saturated heterocycles. The van der Waals surface area contributed by atoms with Crippen molar-refractivity contribution in [2.24, 2.45) is 52.3 Å². The predicted octanol–water partition coefficient (Wildman–Crippen LogP) is 4.72. The van der Waals surface area contributed by atoms with Crippen molar-refractivity contribution < 1.29 is 10.2 Å². The number of aryl methyl sites for hydroxylation is 1. The van der Waals surface area contributed by atoms with E-state index in [2.05, 4.69) is 43.2 Å². The molecule has 11 atom stereocenters. The molecule has 6 nitrogen and oxygen atoms in total. The van der Waals surface area contributed by atoms with Gasteiger partial charge in [-0.15, -0.1) is 5.10 Å². The molecule has 3 unspecified atom stereocenters. The van der Waals surface area contributed by atoms with Crippen LogP contribution in [0.1, 0.15) is 91.9 Å². The van der Waals surface area contributed by atoms with Crippen molar-refractivity contribution in [2.75, 3.05) is 0 Å². The SMILES string of the molecule is CC[C@H]1[C@@H](O)C2C3CC[C@H]([C@H](C)CCCn4cnnn4)[C@@]3(C)CCC2[C@@]2(C)CC[C@@H](O)C[C@@H]12. The van der Waals surface area contributed by atoms with Crippen molar-refractivity contribution in [3.8, 4) is 0 Å². The number of aromatic nitrogens is 4. The van der Waals surface area contributed by atoms with Gasteiger partial charge in [0.2, 0.25) is 0 Å². The molecule has 33 heavy (non-hydrogen) atoms. The third-order valence-electron chi connectivity index (χ3n) is 11.6. The first-order valence-corrected chi connectivity index (χ1v) is 13.9. The van der Waals surface area contributed by atoms with E-state index in [9.17, 15) is 10.2 Å². The molecule has 0 spiro atoms. The summed E-state index contributed by atoms with van der Waals surface area (Å²) < 4.78 is 1.85. The highest BCUT2D eigenvalue weighted by atomic mass is 16.3. The third kappa shape index (κ3) is 3.78. The molecule has 4 saturated carbocycles. The number of nitrogens with zero attached hydrogens (tertiary/aromatic N) is 4. The van der Waals surface area contributed by atoms with Gasteiger partial charge in [0.15, 0.2) is 0 Å². The van der Waals surface area contributed by atoms with Crippen LogP contribution in [0, 0.1) is 52.3 Å². The van der Waals surface area contributed by atoms with Crippen LogP contribution in [0.25, 0.3) is 0 Å². The van der Waals surface area contributed by atoms with Crippen LogP contribution in [0.5, 0.6) is 0 Å². The monoisotopic (exact) mass is 458 g/mol. The van der Waals surface area contributed by atoms with Gasteiger partial charge in [-0.3, -0.25) is 0 Å². The second kappa shape index (κ2) is 8.89. The molecule has 5 rings (SSSR count). The van der Waals surface area contributed by atoms with Gasteiger partial charge >= 0.3 is 0 Å². The number of rotatable bonds is 6. The fourth-order valence-electron chi connectivity index (χ4n) is 9.99. The topological polar surface area (TPSA) is 84.1 Å². The van der Waals surface area contributed by atoms with Crippen LogP contribution in [0.2, 0.25) is 0 Å². The molecular formula is C27H46N4O2. The van der Waals surface area contributed by atoms with Gasteiger partial charge < -0.3 is 10.2 Å². The Morgan fingerprint density at radius 3 is 2.52 bits per heavy atom. The smallest absolute Gasteiger partial charge is 0.138 e. The first-order chi connectivity index (χ1) is 15.8. The lowest BCUT2D eigenvalue weighted by molar-refractivity contribution is -0.203. The highest BCUT2D eigenvalue weighted by Gasteiger charge is 2.64. The fraction of sp³-hybridized carbons (Fsp3) is 0.963. The molecule has 0 aromatic carbocycles. The average molecular weight is 459 g/mol. The molecule has 0 amide bonds. The second-order valence-electron chi connectivity index (χ2n) is 12.8. The summed E-state index contributed by atoms with van der Waals surface area (Å²) in [6, 6.07) is 0. The van der Waals surface area contributed by atoms with E-state index in [0.29, 0.717) is 46.3 Å². The lowest BCUT2D eigenvalue weighted by Gasteiger charge is -2.64. The van der Waals surface area contributed by atoms with Gasteiger partial charge in [0.05, 0.1) is 12.2 Å². The number of fused-ring (bicyclic) bond motifs is 5. The van der Waals surface area contributed by atoms with Crippen molar-refractivity contribution >= 4 is 0 Å². The molecule has 6 heteroatoms. The zero-order valence-corrected chi connectivity index (χ0v) is 21.2. The summed E-state index contributed by atoms with van der Waals surface area (Å²) in [4.78, 5) is 0. The van der Waals surface area contributed by atoms with Crippen LogP contribution < -0.4 is 0 Å². The summed E-state index contributed by atoms with van der Waals surface area (Å²) in [7, 11) is 0. The van der Waals surface area contributed by atoms with E-state index < -0.39 is 0 Å². The largest absolute Gasteiger partial charge is 0.393 e. The van der Waals surface area contributed by atoms with Crippen LogP contribution in [0.15, 0.2) is 6.33 Å².